The molecule has 0 radical (unpaired) electrons. The summed E-state index contributed by atoms with van der Waals surface area (Å²) < 4.78 is 0. The Morgan fingerprint density at radius 1 is 1.60 bits per heavy atom. The van der Waals surface area contributed by atoms with Crippen LogP contribution in [-0.2, 0) is 0 Å². The van der Waals surface area contributed by atoms with Crippen LogP contribution >= 0.6 is 0 Å². The van der Waals surface area contributed by atoms with Crippen LogP contribution in [-0.4, -0.2) is 16.4 Å². The molecule has 0 spiro atoms. The molecule has 1 rings (SSSR count). The van der Waals surface area contributed by atoms with E-state index in [9.17, 15) is 0 Å². The molecule has 10 heavy (non-hydrogen) atoms. The third kappa shape index (κ3) is 1.45. The van der Waals surface area contributed by atoms with Crippen molar-refractivity contribution in [3.05, 3.63) is 23.9 Å². The Morgan fingerprint density at radius 2 is 2.40 bits per heavy atom. The number of nitrogen functional groups attached to an aromatic ring is 1. The Kier molecular flexibility index (Phi) is 1.84. The van der Waals surface area contributed by atoms with Crippen molar-refractivity contribution < 1.29 is 5.21 Å². The molecule has 0 unspecified atom stereocenters. The lowest BCUT2D eigenvalue weighted by molar-refractivity contribution is 0.322. The van der Waals surface area contributed by atoms with E-state index < -0.39 is 0 Å². The minimum Gasteiger partial charge on any atom is -0.411 e. The maximum atomic E-state index is 8.10. The number of pyridine rings is 1. The summed E-state index contributed by atoms with van der Waals surface area (Å²) in [5, 5.41) is 10.9. The zero-order chi connectivity index (χ0) is 7.40. The number of hydrogen-bond acceptors (Lipinski definition) is 4. The third-order valence-electron chi connectivity index (χ3n) is 1.02. The highest BCUT2D eigenvalue weighted by Crippen LogP contribution is 1.97. The molecule has 0 atom stereocenters. The van der Waals surface area contributed by atoms with E-state index >= 15 is 0 Å². The van der Waals surface area contributed by atoms with Crippen molar-refractivity contribution in [2.75, 3.05) is 5.73 Å². The molecule has 0 aliphatic rings. The molecule has 4 heteroatoms. The van der Waals surface area contributed by atoms with Gasteiger partial charge in [-0.15, -0.1) is 0 Å². The summed E-state index contributed by atoms with van der Waals surface area (Å²) in [4.78, 5) is 3.77. The van der Waals surface area contributed by atoms with Gasteiger partial charge >= 0.3 is 0 Å². The van der Waals surface area contributed by atoms with Gasteiger partial charge in [-0.3, -0.25) is 0 Å². The Morgan fingerprint density at radius 3 is 2.90 bits per heavy atom. The smallest absolute Gasteiger partial charge is 0.123 e. The van der Waals surface area contributed by atoms with Crippen LogP contribution < -0.4 is 5.73 Å². The van der Waals surface area contributed by atoms with E-state index in [1.54, 1.807) is 12.1 Å². The first-order valence-electron chi connectivity index (χ1n) is 2.72. The van der Waals surface area contributed by atoms with Crippen molar-refractivity contribution in [1.82, 2.24) is 4.98 Å². The topological polar surface area (TPSA) is 71.5 Å². The van der Waals surface area contributed by atoms with Crippen molar-refractivity contribution in [1.29, 1.82) is 0 Å². The number of hydrogen-bond donors (Lipinski definition) is 2. The standard InChI is InChI=1S/C6H7N3O/c7-6-2-1-5(3-8-6)4-9-10/h1-4,10H,(H2,7,8)/b9-4-. The van der Waals surface area contributed by atoms with Gasteiger partial charge in [0, 0.05) is 11.8 Å². The van der Waals surface area contributed by atoms with Gasteiger partial charge in [-0.05, 0) is 12.1 Å². The van der Waals surface area contributed by atoms with Crippen LogP contribution in [0.25, 0.3) is 0 Å². The van der Waals surface area contributed by atoms with Crippen LogP contribution in [0.3, 0.4) is 0 Å². The molecule has 0 aliphatic heterocycles. The summed E-state index contributed by atoms with van der Waals surface area (Å²) in [6.07, 6.45) is 2.81. The average molecular weight is 137 g/mol. The van der Waals surface area contributed by atoms with Crippen molar-refractivity contribution >= 4 is 12.0 Å². The fourth-order valence-electron chi connectivity index (χ4n) is 0.560. The predicted molar refractivity (Wildman–Crippen MR) is 38.0 cm³/mol. The molecule has 3 N–H and O–H groups in total. The van der Waals surface area contributed by atoms with Crippen LogP contribution in [0.5, 0.6) is 0 Å². The second kappa shape index (κ2) is 2.82. The molecule has 52 valence electrons. The Hall–Kier alpha value is -1.58. The van der Waals surface area contributed by atoms with Gasteiger partial charge in [0.25, 0.3) is 0 Å². The zero-order valence-electron chi connectivity index (χ0n) is 5.23. The molecule has 0 saturated heterocycles. The number of oxime groups is 1. The first-order chi connectivity index (χ1) is 4.83. The van der Waals surface area contributed by atoms with Crippen LogP contribution in [0.2, 0.25) is 0 Å². The lowest BCUT2D eigenvalue weighted by Gasteiger charge is -1.90. The Labute approximate surface area is 58.0 Å². The van der Waals surface area contributed by atoms with Gasteiger partial charge in [-0.1, -0.05) is 5.16 Å². The number of anilines is 1. The highest BCUT2D eigenvalue weighted by molar-refractivity contribution is 5.78. The quantitative estimate of drug-likeness (QED) is 0.336. The van der Waals surface area contributed by atoms with Crippen molar-refractivity contribution in [2.24, 2.45) is 5.16 Å². The molecule has 0 bridgehead atoms. The fraction of sp³-hybridized carbons (Fsp3) is 0. The van der Waals surface area contributed by atoms with Gasteiger partial charge < -0.3 is 10.9 Å². The molecule has 0 fully saturated rings. The van der Waals surface area contributed by atoms with E-state index in [0.29, 0.717) is 5.82 Å². The van der Waals surface area contributed by atoms with Gasteiger partial charge in [0.05, 0.1) is 6.21 Å². The van der Waals surface area contributed by atoms with Crippen molar-refractivity contribution in [2.45, 2.75) is 0 Å². The normalized spacial score (nSPS) is 10.4. The molecule has 0 aromatic carbocycles. The van der Waals surface area contributed by atoms with Crippen LogP contribution in [0, 0.1) is 0 Å². The Balaban J connectivity index is 2.89. The second-order valence-electron chi connectivity index (χ2n) is 1.76. The van der Waals surface area contributed by atoms with E-state index in [1.807, 2.05) is 0 Å². The second-order valence-corrected chi connectivity index (χ2v) is 1.76. The first-order valence-corrected chi connectivity index (χ1v) is 2.72. The SMILES string of the molecule is Nc1ccc(/C=N\O)cn1. The predicted octanol–water partition coefficient (Wildman–Crippen LogP) is 0.472. The molecule has 0 amide bonds. The van der Waals surface area contributed by atoms with E-state index in [1.165, 1.54) is 12.4 Å². The molecule has 1 aromatic heterocycles. The number of rotatable bonds is 1. The molecule has 0 aliphatic carbocycles. The molecule has 1 heterocycles. The largest absolute Gasteiger partial charge is 0.411 e. The third-order valence-corrected chi connectivity index (χ3v) is 1.02. The highest BCUT2D eigenvalue weighted by atomic mass is 16.4. The minimum atomic E-state index is 0.454. The summed E-state index contributed by atoms with van der Waals surface area (Å²) in [5.74, 6) is 0.454. The summed E-state index contributed by atoms with van der Waals surface area (Å²) in [6, 6.07) is 3.35. The number of nitrogens with zero attached hydrogens (tertiary/aromatic N) is 2. The van der Waals surface area contributed by atoms with E-state index in [-0.39, 0.29) is 0 Å². The van der Waals surface area contributed by atoms with Gasteiger partial charge in [0.15, 0.2) is 0 Å². The molecule has 0 saturated carbocycles. The summed E-state index contributed by atoms with van der Waals surface area (Å²) >= 11 is 0. The van der Waals surface area contributed by atoms with E-state index in [2.05, 4.69) is 10.1 Å². The van der Waals surface area contributed by atoms with Crippen LogP contribution in [0.15, 0.2) is 23.5 Å². The van der Waals surface area contributed by atoms with Crippen LogP contribution in [0.4, 0.5) is 5.82 Å². The van der Waals surface area contributed by atoms with Gasteiger partial charge in [-0.25, -0.2) is 4.98 Å². The molecular weight excluding hydrogens is 130 g/mol. The monoisotopic (exact) mass is 137 g/mol. The lowest BCUT2D eigenvalue weighted by atomic mass is 10.3. The van der Waals surface area contributed by atoms with Gasteiger partial charge in [-0.2, -0.15) is 0 Å². The van der Waals surface area contributed by atoms with E-state index in [4.69, 9.17) is 10.9 Å². The summed E-state index contributed by atoms with van der Waals surface area (Å²) in [5.41, 5.74) is 6.02. The lowest BCUT2D eigenvalue weighted by Crippen LogP contribution is -1.90. The maximum Gasteiger partial charge on any atom is 0.123 e. The van der Waals surface area contributed by atoms with Gasteiger partial charge in [0.2, 0.25) is 0 Å². The average Bonchev–Trinajstić information content (AvgIpc) is 1.95. The highest BCUT2D eigenvalue weighted by Gasteiger charge is 1.86. The van der Waals surface area contributed by atoms with Gasteiger partial charge in [0.1, 0.15) is 5.82 Å². The molecule has 4 nitrogen and oxygen atoms in total. The maximum absolute atomic E-state index is 8.10. The number of nitrogens with two attached hydrogens (primary N) is 1. The summed E-state index contributed by atoms with van der Waals surface area (Å²) in [6.45, 7) is 0. The zero-order valence-corrected chi connectivity index (χ0v) is 5.23. The van der Waals surface area contributed by atoms with Crippen molar-refractivity contribution in [3.8, 4) is 0 Å². The first kappa shape index (κ1) is 6.54. The summed E-state index contributed by atoms with van der Waals surface area (Å²) in [7, 11) is 0. The van der Waals surface area contributed by atoms with E-state index in [0.717, 1.165) is 5.56 Å². The molecule has 1 aromatic rings. The molecular formula is C6H7N3O. The fourth-order valence-corrected chi connectivity index (χ4v) is 0.560. The number of aromatic nitrogens is 1. The minimum absolute atomic E-state index is 0.454. The van der Waals surface area contributed by atoms with Crippen LogP contribution in [0.1, 0.15) is 5.56 Å². The van der Waals surface area contributed by atoms with Crippen molar-refractivity contribution in [3.63, 3.8) is 0 Å². The Bertz CT molecular complexity index is 229.